The average Bonchev–Trinajstić information content (AvgIpc) is 2.16. The summed E-state index contributed by atoms with van der Waals surface area (Å²) in [7, 11) is 0. The fourth-order valence-electron chi connectivity index (χ4n) is 1.04. The second kappa shape index (κ2) is 7.36. The first-order valence-electron chi connectivity index (χ1n) is 4.33. The van der Waals surface area contributed by atoms with Crippen LogP contribution in [-0.4, -0.2) is 12.0 Å². The van der Waals surface area contributed by atoms with E-state index in [0.717, 1.165) is 5.56 Å². The number of anilines is 1. The summed E-state index contributed by atoms with van der Waals surface area (Å²) in [5, 5.41) is 2.61. The second-order valence-electron chi connectivity index (χ2n) is 2.95. The fourth-order valence-corrected chi connectivity index (χ4v) is 1.04. The summed E-state index contributed by atoms with van der Waals surface area (Å²) >= 11 is 0. The largest absolute Gasteiger partial charge is 0.632 e. The number of amides is 2. The number of benzene rings is 1. The zero-order chi connectivity index (χ0) is 11.3. The van der Waals surface area contributed by atoms with Crippen LogP contribution in [0.3, 0.4) is 0 Å². The Morgan fingerprint density at radius 2 is 1.88 bits per heavy atom. The van der Waals surface area contributed by atoms with Crippen molar-refractivity contribution in [2.45, 2.75) is 13.5 Å². The van der Waals surface area contributed by atoms with E-state index in [1.54, 1.807) is 24.3 Å². The molecule has 0 fully saturated rings. The van der Waals surface area contributed by atoms with E-state index in [1.807, 2.05) is 0 Å². The first kappa shape index (κ1) is 15.1. The van der Waals surface area contributed by atoms with Gasteiger partial charge in [-0.3, -0.25) is 9.59 Å². The van der Waals surface area contributed by atoms with Crippen molar-refractivity contribution >= 4 is 17.7 Å². The van der Waals surface area contributed by atoms with Crippen molar-refractivity contribution in [3.05, 3.63) is 35.6 Å². The van der Waals surface area contributed by atoms with Crippen LogP contribution in [0, 0.1) is 0 Å². The zero-order valence-electron chi connectivity index (χ0n) is 8.82. The standard InChI is InChI=1S/C10H12N2O3.Y/c1-7(13)12-9-4-2-8(3-5-9)6-15-10(11)14;/h2-5H,6H2,1H3,(H3,11,12,13,14);/p-1. The zero-order valence-corrected chi connectivity index (χ0v) is 11.7. The first-order valence-corrected chi connectivity index (χ1v) is 4.33. The van der Waals surface area contributed by atoms with Crippen LogP contribution in [0.5, 0.6) is 0 Å². The molecule has 1 rings (SSSR count). The Balaban J connectivity index is 0.00000225. The average molecular weight is 296 g/mol. The SMILES string of the molecule is CC(=O)Nc1ccc(COC([NH-])=O)cc1.[Y]. The molecule has 1 aromatic carbocycles. The maximum Gasteiger partial charge on any atom is 0.227 e. The van der Waals surface area contributed by atoms with E-state index < -0.39 is 6.09 Å². The van der Waals surface area contributed by atoms with Crippen molar-refractivity contribution in [3.63, 3.8) is 0 Å². The maximum absolute atomic E-state index is 10.7. The molecule has 6 heteroatoms. The van der Waals surface area contributed by atoms with Gasteiger partial charge in [0.2, 0.25) is 12.0 Å². The predicted octanol–water partition coefficient (Wildman–Crippen LogP) is 2.33. The van der Waals surface area contributed by atoms with Crippen molar-refractivity contribution < 1.29 is 47.0 Å². The van der Waals surface area contributed by atoms with Crippen LogP contribution in [0.1, 0.15) is 12.5 Å². The molecule has 16 heavy (non-hydrogen) atoms. The summed E-state index contributed by atoms with van der Waals surface area (Å²) < 4.78 is 4.49. The smallest absolute Gasteiger partial charge is 0.227 e. The van der Waals surface area contributed by atoms with Gasteiger partial charge in [-0.1, -0.05) is 12.1 Å². The van der Waals surface area contributed by atoms with Gasteiger partial charge in [0.1, 0.15) is 6.61 Å². The van der Waals surface area contributed by atoms with Gasteiger partial charge in [-0.25, -0.2) is 0 Å². The van der Waals surface area contributed by atoms with Gasteiger partial charge in [-0.2, -0.15) is 0 Å². The molecule has 0 unspecified atom stereocenters. The van der Waals surface area contributed by atoms with Crippen LogP contribution >= 0.6 is 0 Å². The fraction of sp³-hybridized carbons (Fsp3) is 0.200. The van der Waals surface area contributed by atoms with Gasteiger partial charge in [0.05, 0.1) is 0 Å². The van der Waals surface area contributed by atoms with Crippen molar-refractivity contribution in [2.24, 2.45) is 0 Å². The Morgan fingerprint density at radius 1 is 1.31 bits per heavy atom. The summed E-state index contributed by atoms with van der Waals surface area (Å²) in [4.78, 5) is 20.9. The van der Waals surface area contributed by atoms with Crippen molar-refractivity contribution in [1.82, 2.24) is 0 Å². The molecule has 0 aromatic heterocycles. The number of carbonyl (C=O) groups excluding carboxylic acids is 2. The number of carbonyl (C=O) groups is 2. The van der Waals surface area contributed by atoms with E-state index >= 15 is 0 Å². The predicted molar refractivity (Wildman–Crippen MR) is 55.3 cm³/mol. The van der Waals surface area contributed by atoms with E-state index in [-0.39, 0.29) is 45.2 Å². The van der Waals surface area contributed by atoms with Gasteiger partial charge in [0.15, 0.2) is 0 Å². The molecule has 0 aliphatic carbocycles. The van der Waals surface area contributed by atoms with E-state index in [0.29, 0.717) is 5.69 Å². The monoisotopic (exact) mass is 296 g/mol. The molecule has 0 atom stereocenters. The topological polar surface area (TPSA) is 79.2 Å². The third-order valence-electron chi connectivity index (χ3n) is 1.64. The van der Waals surface area contributed by atoms with Gasteiger partial charge in [-0.15, -0.1) is 0 Å². The van der Waals surface area contributed by atoms with Gasteiger partial charge in [0.25, 0.3) is 0 Å². The minimum atomic E-state index is -1.05. The van der Waals surface area contributed by atoms with Crippen molar-refractivity contribution in [2.75, 3.05) is 5.32 Å². The van der Waals surface area contributed by atoms with Crippen LogP contribution in [0.4, 0.5) is 10.5 Å². The molecular formula is C10H11N2O3Y-. The molecule has 1 radical (unpaired) electrons. The third kappa shape index (κ3) is 5.83. The molecule has 2 N–H and O–H groups in total. The molecule has 0 aliphatic rings. The Bertz CT molecular complexity index is 365. The van der Waals surface area contributed by atoms with Gasteiger partial charge in [0, 0.05) is 45.3 Å². The van der Waals surface area contributed by atoms with Crippen LogP contribution in [0.2, 0.25) is 0 Å². The Hall–Kier alpha value is -0.936. The minimum absolute atomic E-state index is 0. The summed E-state index contributed by atoms with van der Waals surface area (Å²) in [6.07, 6.45) is -1.05. The van der Waals surface area contributed by atoms with E-state index in [4.69, 9.17) is 5.73 Å². The minimum Gasteiger partial charge on any atom is -0.632 e. The number of hydrogen-bond donors (Lipinski definition) is 1. The molecule has 5 nitrogen and oxygen atoms in total. The Labute approximate surface area is 119 Å². The van der Waals surface area contributed by atoms with Crippen LogP contribution in [-0.2, 0) is 48.8 Å². The summed E-state index contributed by atoms with van der Waals surface area (Å²) in [6.45, 7) is 1.50. The van der Waals surface area contributed by atoms with Crippen molar-refractivity contribution in [3.8, 4) is 0 Å². The number of ether oxygens (including phenoxy) is 1. The van der Waals surface area contributed by atoms with Crippen molar-refractivity contribution in [1.29, 1.82) is 0 Å². The van der Waals surface area contributed by atoms with Gasteiger partial charge in [-0.05, 0) is 17.7 Å². The summed E-state index contributed by atoms with van der Waals surface area (Å²) in [5.74, 6) is -0.139. The van der Waals surface area contributed by atoms with E-state index in [1.165, 1.54) is 6.92 Å². The van der Waals surface area contributed by atoms with Crippen LogP contribution < -0.4 is 5.32 Å². The molecule has 1 aromatic rings. The van der Waals surface area contributed by atoms with Crippen LogP contribution in [0.25, 0.3) is 5.73 Å². The quantitative estimate of drug-likeness (QED) is 0.929. The van der Waals surface area contributed by atoms with Gasteiger partial charge >= 0.3 is 0 Å². The maximum atomic E-state index is 10.7. The molecular weight excluding hydrogens is 285 g/mol. The molecule has 0 bridgehead atoms. The second-order valence-corrected chi connectivity index (χ2v) is 2.95. The third-order valence-corrected chi connectivity index (χ3v) is 1.64. The Morgan fingerprint density at radius 3 is 2.31 bits per heavy atom. The van der Waals surface area contributed by atoms with Gasteiger partial charge < -0.3 is 15.8 Å². The number of nitrogens with one attached hydrogen (secondary N) is 2. The molecule has 0 saturated carbocycles. The van der Waals surface area contributed by atoms with E-state index in [2.05, 4.69) is 10.1 Å². The molecule has 0 spiro atoms. The Kier molecular flexibility index (Phi) is 6.93. The number of hydrogen-bond acceptors (Lipinski definition) is 3. The molecule has 0 aliphatic heterocycles. The molecule has 2 amide bonds. The van der Waals surface area contributed by atoms with Crippen LogP contribution in [0.15, 0.2) is 24.3 Å². The molecule has 0 saturated heterocycles. The van der Waals surface area contributed by atoms with E-state index in [9.17, 15) is 9.59 Å². The normalized spacial score (nSPS) is 8.81. The summed E-state index contributed by atoms with van der Waals surface area (Å²) in [5.41, 5.74) is 8.00. The molecule has 83 valence electrons. The number of rotatable bonds is 3. The first-order chi connectivity index (χ1) is 7.08. The summed E-state index contributed by atoms with van der Waals surface area (Å²) in [6, 6.07) is 6.84. The molecule has 0 heterocycles.